The lowest BCUT2D eigenvalue weighted by Gasteiger charge is -2.26. The molecule has 1 saturated heterocycles. The molecule has 90 valence electrons. The number of hydrogen-bond donors (Lipinski definition) is 2. The van der Waals surface area contributed by atoms with Crippen LogP contribution in [0.1, 0.15) is 5.69 Å². The van der Waals surface area contributed by atoms with Gasteiger partial charge in [0.25, 0.3) is 0 Å². The van der Waals surface area contributed by atoms with Gasteiger partial charge in [-0.15, -0.1) is 0 Å². The maximum absolute atomic E-state index is 11.9. The number of aryl methyl sites for hydroxylation is 1. The van der Waals surface area contributed by atoms with E-state index < -0.39 is 10.2 Å². The van der Waals surface area contributed by atoms with E-state index in [0.29, 0.717) is 31.9 Å². The van der Waals surface area contributed by atoms with Crippen LogP contribution in [-0.2, 0) is 10.2 Å². The summed E-state index contributed by atoms with van der Waals surface area (Å²) in [5.74, 6) is 0.149. The summed E-state index contributed by atoms with van der Waals surface area (Å²) < 4.78 is 32.3. The highest BCUT2D eigenvalue weighted by Crippen LogP contribution is 2.13. The maximum atomic E-state index is 11.9. The molecule has 1 aliphatic rings. The molecule has 2 heterocycles. The summed E-state index contributed by atoms with van der Waals surface area (Å²) in [6.45, 7) is 3.98. The van der Waals surface area contributed by atoms with Crippen LogP contribution in [0.3, 0.4) is 0 Å². The molecule has 7 nitrogen and oxygen atoms in total. The molecular formula is C8H14N4O3S. The van der Waals surface area contributed by atoms with Gasteiger partial charge in [-0.2, -0.15) is 12.7 Å². The van der Waals surface area contributed by atoms with Crippen molar-refractivity contribution in [3.8, 4) is 0 Å². The Morgan fingerprint density at radius 3 is 2.75 bits per heavy atom. The molecule has 0 radical (unpaired) electrons. The molecule has 1 fully saturated rings. The van der Waals surface area contributed by atoms with Gasteiger partial charge in [-0.05, 0) is 6.92 Å². The largest absolute Gasteiger partial charge is 0.338 e. The third-order valence-corrected chi connectivity index (χ3v) is 3.78. The number of nitrogens with zero attached hydrogens (tertiary/aromatic N) is 2. The molecule has 1 aromatic rings. The lowest BCUT2D eigenvalue weighted by atomic mass is 10.4. The van der Waals surface area contributed by atoms with Gasteiger partial charge >= 0.3 is 10.2 Å². The van der Waals surface area contributed by atoms with Crippen LogP contribution in [0.2, 0.25) is 0 Å². The molecule has 0 spiro atoms. The second-order valence-electron chi connectivity index (χ2n) is 3.59. The molecule has 16 heavy (non-hydrogen) atoms. The monoisotopic (exact) mass is 246 g/mol. The Bertz CT molecular complexity index is 450. The van der Waals surface area contributed by atoms with Gasteiger partial charge in [0.15, 0.2) is 0 Å². The van der Waals surface area contributed by atoms with E-state index >= 15 is 0 Å². The summed E-state index contributed by atoms with van der Waals surface area (Å²) in [6.07, 6.45) is 0. The fourth-order valence-electron chi connectivity index (χ4n) is 1.49. The van der Waals surface area contributed by atoms with Crippen LogP contribution in [0.15, 0.2) is 10.6 Å². The Labute approximate surface area is 94.0 Å². The molecule has 1 aliphatic heterocycles. The minimum Gasteiger partial charge on any atom is -0.338 e. The Hall–Kier alpha value is -1.12. The summed E-state index contributed by atoms with van der Waals surface area (Å²) >= 11 is 0. The van der Waals surface area contributed by atoms with Crippen LogP contribution in [0, 0.1) is 6.92 Å². The third-order valence-electron chi connectivity index (χ3n) is 2.27. The summed E-state index contributed by atoms with van der Waals surface area (Å²) in [4.78, 5) is 0. The molecule has 8 heteroatoms. The molecule has 0 saturated carbocycles. The van der Waals surface area contributed by atoms with E-state index in [1.165, 1.54) is 4.31 Å². The number of aromatic nitrogens is 1. The number of nitrogens with one attached hydrogen (secondary N) is 2. The second-order valence-corrected chi connectivity index (χ2v) is 5.26. The van der Waals surface area contributed by atoms with Crippen LogP contribution in [0.5, 0.6) is 0 Å². The molecule has 0 bridgehead atoms. The number of anilines is 1. The Morgan fingerprint density at radius 1 is 1.50 bits per heavy atom. The molecular weight excluding hydrogens is 232 g/mol. The number of rotatable bonds is 3. The first-order valence-corrected chi connectivity index (χ1v) is 6.44. The van der Waals surface area contributed by atoms with Crippen molar-refractivity contribution in [2.45, 2.75) is 6.92 Å². The van der Waals surface area contributed by atoms with Crippen molar-refractivity contribution in [1.29, 1.82) is 0 Å². The summed E-state index contributed by atoms with van der Waals surface area (Å²) in [5, 5.41) is 6.70. The van der Waals surface area contributed by atoms with Gasteiger partial charge in [-0.3, -0.25) is 0 Å². The van der Waals surface area contributed by atoms with Gasteiger partial charge in [0.2, 0.25) is 5.88 Å². The first-order chi connectivity index (χ1) is 7.58. The first kappa shape index (κ1) is 11.4. The quantitative estimate of drug-likeness (QED) is 0.754. The topological polar surface area (TPSA) is 87.5 Å². The summed E-state index contributed by atoms with van der Waals surface area (Å²) in [6, 6.07) is 1.54. The minimum atomic E-state index is -3.51. The molecule has 2 N–H and O–H groups in total. The third kappa shape index (κ3) is 2.52. The lowest BCUT2D eigenvalue weighted by Crippen LogP contribution is -2.48. The van der Waals surface area contributed by atoms with Crippen LogP contribution in [0.25, 0.3) is 0 Å². The van der Waals surface area contributed by atoms with Gasteiger partial charge in [-0.25, -0.2) is 4.72 Å². The zero-order chi connectivity index (χ0) is 11.6. The Balaban J connectivity index is 2.07. The SMILES string of the molecule is Cc1cc(NS(=O)(=O)N2CCNCC2)on1. The fraction of sp³-hybridized carbons (Fsp3) is 0.625. The number of hydrogen-bond acceptors (Lipinski definition) is 5. The zero-order valence-corrected chi connectivity index (χ0v) is 9.75. The standard InChI is InChI=1S/C8H14N4O3S/c1-7-6-8(15-10-7)11-16(13,14)12-4-2-9-3-5-12/h6,9,11H,2-5H2,1H3. The van der Waals surface area contributed by atoms with Crippen molar-refractivity contribution >= 4 is 16.1 Å². The van der Waals surface area contributed by atoms with E-state index in [0.717, 1.165) is 0 Å². The molecule has 1 aromatic heterocycles. The highest BCUT2D eigenvalue weighted by atomic mass is 32.2. The fourth-order valence-corrected chi connectivity index (χ4v) is 2.63. The molecule has 0 aliphatic carbocycles. The molecule has 2 rings (SSSR count). The van der Waals surface area contributed by atoms with Gasteiger partial charge in [-0.1, -0.05) is 5.16 Å². The van der Waals surface area contributed by atoms with Crippen molar-refractivity contribution in [2.75, 3.05) is 30.9 Å². The van der Waals surface area contributed by atoms with Crippen molar-refractivity contribution < 1.29 is 12.9 Å². The molecule has 0 amide bonds. The van der Waals surface area contributed by atoms with E-state index in [-0.39, 0.29) is 5.88 Å². The van der Waals surface area contributed by atoms with Crippen LogP contribution >= 0.6 is 0 Å². The van der Waals surface area contributed by atoms with E-state index in [2.05, 4.69) is 15.2 Å². The van der Waals surface area contributed by atoms with Gasteiger partial charge in [0.1, 0.15) is 0 Å². The minimum absolute atomic E-state index is 0.149. The lowest BCUT2D eigenvalue weighted by molar-refractivity contribution is 0.361. The number of piperazine rings is 1. The average molecular weight is 246 g/mol. The normalized spacial score (nSPS) is 18.6. The van der Waals surface area contributed by atoms with Crippen molar-refractivity contribution in [3.05, 3.63) is 11.8 Å². The molecule has 0 atom stereocenters. The van der Waals surface area contributed by atoms with E-state index in [4.69, 9.17) is 4.52 Å². The highest BCUT2D eigenvalue weighted by Gasteiger charge is 2.24. The van der Waals surface area contributed by atoms with Crippen LogP contribution in [0.4, 0.5) is 5.88 Å². The molecule has 0 aromatic carbocycles. The average Bonchev–Trinajstić information content (AvgIpc) is 2.64. The predicted molar refractivity (Wildman–Crippen MR) is 58.2 cm³/mol. The van der Waals surface area contributed by atoms with Gasteiger partial charge < -0.3 is 9.84 Å². The Kier molecular flexibility index (Phi) is 3.13. The summed E-state index contributed by atoms with van der Waals surface area (Å²) in [5.41, 5.74) is 0.637. The summed E-state index contributed by atoms with van der Waals surface area (Å²) in [7, 11) is -3.51. The van der Waals surface area contributed by atoms with Gasteiger partial charge in [0.05, 0.1) is 5.69 Å². The maximum Gasteiger partial charge on any atom is 0.304 e. The first-order valence-electron chi connectivity index (χ1n) is 5.00. The predicted octanol–water partition coefficient (Wildman–Crippen LogP) is -0.455. The van der Waals surface area contributed by atoms with Gasteiger partial charge in [0, 0.05) is 32.2 Å². The smallest absolute Gasteiger partial charge is 0.304 e. The molecule has 0 unspecified atom stereocenters. The zero-order valence-electron chi connectivity index (χ0n) is 8.93. The van der Waals surface area contributed by atoms with E-state index in [1.54, 1.807) is 13.0 Å². The van der Waals surface area contributed by atoms with Crippen molar-refractivity contribution in [3.63, 3.8) is 0 Å². The van der Waals surface area contributed by atoms with Crippen LogP contribution < -0.4 is 10.0 Å². The Morgan fingerprint density at radius 2 is 2.19 bits per heavy atom. The van der Waals surface area contributed by atoms with Crippen molar-refractivity contribution in [2.24, 2.45) is 0 Å². The highest BCUT2D eigenvalue weighted by molar-refractivity contribution is 7.90. The van der Waals surface area contributed by atoms with E-state index in [9.17, 15) is 8.42 Å². The van der Waals surface area contributed by atoms with E-state index in [1.807, 2.05) is 0 Å². The second kappa shape index (κ2) is 4.40. The van der Waals surface area contributed by atoms with Crippen LogP contribution in [-0.4, -0.2) is 44.1 Å². The van der Waals surface area contributed by atoms with Crippen molar-refractivity contribution in [1.82, 2.24) is 14.8 Å².